The molecule has 1 atom stereocenters. The van der Waals surface area contributed by atoms with E-state index in [2.05, 4.69) is 35.2 Å². The molecule has 100 valence electrons. The predicted molar refractivity (Wildman–Crippen MR) is 76.8 cm³/mol. The first-order valence-electron chi connectivity index (χ1n) is 7.31. The number of nitrogens with zero attached hydrogens (tertiary/aromatic N) is 1. The number of hydrogen-bond donors (Lipinski definition) is 0. The molecule has 3 rings (SSSR count). The van der Waals surface area contributed by atoms with Crippen LogP contribution in [0.3, 0.4) is 0 Å². The maximum absolute atomic E-state index is 11.5. The minimum atomic E-state index is 0.336. The minimum Gasteiger partial charge on any atom is -0.299 e. The van der Waals surface area contributed by atoms with Crippen molar-refractivity contribution in [2.45, 2.75) is 32.2 Å². The highest BCUT2D eigenvalue weighted by Crippen LogP contribution is 2.31. The van der Waals surface area contributed by atoms with Gasteiger partial charge < -0.3 is 0 Å². The molecule has 0 radical (unpaired) electrons. The first-order chi connectivity index (χ1) is 9.31. The summed E-state index contributed by atoms with van der Waals surface area (Å²) in [4.78, 5) is 14.0. The van der Waals surface area contributed by atoms with Crippen molar-refractivity contribution in [2.24, 2.45) is 5.92 Å². The summed E-state index contributed by atoms with van der Waals surface area (Å²) in [5.41, 5.74) is 2.80. The molecule has 0 bridgehead atoms. The molecule has 0 saturated carbocycles. The second kappa shape index (κ2) is 5.70. The van der Waals surface area contributed by atoms with Crippen LogP contribution in [0.4, 0.5) is 0 Å². The average molecular weight is 255 g/mol. The second-order valence-corrected chi connectivity index (χ2v) is 5.72. The molecule has 2 heteroatoms. The first-order valence-corrected chi connectivity index (χ1v) is 7.31. The van der Waals surface area contributed by atoms with E-state index >= 15 is 0 Å². The second-order valence-electron chi connectivity index (χ2n) is 5.72. The lowest BCUT2D eigenvalue weighted by atomic mass is 9.84. The number of carbonyl (C=O) groups excluding carboxylic acids is 1. The number of ketones is 1. The summed E-state index contributed by atoms with van der Waals surface area (Å²) in [5, 5.41) is 0. The summed E-state index contributed by atoms with van der Waals surface area (Å²) < 4.78 is 0. The highest BCUT2D eigenvalue weighted by molar-refractivity contribution is 5.91. The molecular weight excluding hydrogens is 234 g/mol. The molecule has 1 heterocycles. The molecule has 0 N–H and O–H groups in total. The Bertz CT molecular complexity index is 477. The summed E-state index contributed by atoms with van der Waals surface area (Å²) in [6.45, 7) is 3.28. The van der Waals surface area contributed by atoms with Gasteiger partial charge in [0.05, 0.1) is 0 Å². The largest absolute Gasteiger partial charge is 0.299 e. The van der Waals surface area contributed by atoms with E-state index in [1.54, 1.807) is 0 Å². The van der Waals surface area contributed by atoms with E-state index in [9.17, 15) is 4.79 Å². The summed E-state index contributed by atoms with van der Waals surface area (Å²) in [5.74, 6) is 1.00. The third-order valence-electron chi connectivity index (χ3n) is 4.37. The Hall–Kier alpha value is -1.41. The lowest BCUT2D eigenvalue weighted by Crippen LogP contribution is -2.24. The van der Waals surface area contributed by atoms with E-state index in [0.29, 0.717) is 11.7 Å². The fraction of sp³-hybridized carbons (Fsp3) is 0.471. The summed E-state index contributed by atoms with van der Waals surface area (Å²) in [7, 11) is 0. The van der Waals surface area contributed by atoms with Crippen molar-refractivity contribution in [1.82, 2.24) is 4.90 Å². The van der Waals surface area contributed by atoms with Crippen molar-refractivity contribution in [3.63, 3.8) is 0 Å². The van der Waals surface area contributed by atoms with Gasteiger partial charge in [0.2, 0.25) is 0 Å². The third kappa shape index (κ3) is 3.13. The molecule has 1 unspecified atom stereocenters. The Kier molecular flexibility index (Phi) is 3.79. The smallest absolute Gasteiger partial charge is 0.155 e. The third-order valence-corrected chi connectivity index (χ3v) is 4.37. The van der Waals surface area contributed by atoms with Gasteiger partial charge in [-0.15, -0.1) is 0 Å². The summed E-state index contributed by atoms with van der Waals surface area (Å²) >= 11 is 0. The van der Waals surface area contributed by atoms with E-state index < -0.39 is 0 Å². The van der Waals surface area contributed by atoms with Crippen molar-refractivity contribution in [1.29, 1.82) is 0 Å². The van der Waals surface area contributed by atoms with E-state index in [4.69, 9.17) is 0 Å². The van der Waals surface area contributed by atoms with Gasteiger partial charge in [0.25, 0.3) is 0 Å². The van der Waals surface area contributed by atoms with Crippen molar-refractivity contribution < 1.29 is 4.79 Å². The zero-order chi connectivity index (χ0) is 13.1. The zero-order valence-corrected chi connectivity index (χ0v) is 11.3. The number of likely N-dealkylation sites (tertiary alicyclic amines) is 1. The fourth-order valence-corrected chi connectivity index (χ4v) is 3.24. The van der Waals surface area contributed by atoms with Gasteiger partial charge >= 0.3 is 0 Å². The highest BCUT2D eigenvalue weighted by Gasteiger charge is 2.25. The van der Waals surface area contributed by atoms with Crippen molar-refractivity contribution >= 4 is 5.78 Å². The van der Waals surface area contributed by atoms with Gasteiger partial charge in [-0.05, 0) is 43.4 Å². The molecule has 0 amide bonds. The fourth-order valence-electron chi connectivity index (χ4n) is 3.24. The number of fused-ring (bicyclic) bond motifs is 1. The molecule has 1 fully saturated rings. The number of hydrogen-bond acceptors (Lipinski definition) is 2. The van der Waals surface area contributed by atoms with Crippen LogP contribution in [0.1, 0.15) is 31.2 Å². The van der Waals surface area contributed by atoms with Crippen LogP contribution in [0.5, 0.6) is 0 Å². The molecule has 1 aromatic rings. The van der Waals surface area contributed by atoms with Crippen molar-refractivity contribution in [2.75, 3.05) is 13.1 Å². The van der Waals surface area contributed by atoms with Crippen LogP contribution in [0.15, 0.2) is 42.0 Å². The van der Waals surface area contributed by atoms with Gasteiger partial charge in [0.1, 0.15) is 0 Å². The maximum atomic E-state index is 11.5. The van der Waals surface area contributed by atoms with Crippen LogP contribution < -0.4 is 0 Å². The minimum absolute atomic E-state index is 0.336. The van der Waals surface area contributed by atoms with Gasteiger partial charge in [-0.3, -0.25) is 9.69 Å². The van der Waals surface area contributed by atoms with Crippen molar-refractivity contribution in [3.05, 3.63) is 47.5 Å². The lowest BCUT2D eigenvalue weighted by molar-refractivity contribution is -0.115. The number of benzene rings is 1. The van der Waals surface area contributed by atoms with Crippen molar-refractivity contribution in [3.8, 4) is 0 Å². The Morgan fingerprint density at radius 3 is 2.74 bits per heavy atom. The summed E-state index contributed by atoms with van der Waals surface area (Å²) in [6, 6.07) is 10.7. The first kappa shape index (κ1) is 12.6. The predicted octanol–water partition coefficient (Wildman–Crippen LogP) is 3.19. The Labute approximate surface area is 115 Å². The Morgan fingerprint density at radius 2 is 1.89 bits per heavy atom. The van der Waals surface area contributed by atoms with Gasteiger partial charge in [-0.2, -0.15) is 0 Å². The Balaban J connectivity index is 1.65. The molecule has 2 nitrogen and oxygen atoms in total. The molecule has 1 aromatic carbocycles. The van der Waals surface area contributed by atoms with Gasteiger partial charge in [-0.25, -0.2) is 0 Å². The average Bonchev–Trinajstić information content (AvgIpc) is 2.63. The molecular formula is C17H21NO. The number of rotatable bonds is 2. The zero-order valence-electron chi connectivity index (χ0n) is 11.3. The van der Waals surface area contributed by atoms with Gasteiger partial charge in [-0.1, -0.05) is 35.9 Å². The van der Waals surface area contributed by atoms with E-state index in [0.717, 1.165) is 38.9 Å². The van der Waals surface area contributed by atoms with E-state index in [1.807, 2.05) is 6.08 Å². The van der Waals surface area contributed by atoms with Crippen LogP contribution in [0, 0.1) is 5.92 Å². The lowest BCUT2D eigenvalue weighted by Gasteiger charge is -2.21. The number of carbonyl (C=O) groups is 1. The Morgan fingerprint density at radius 1 is 1.05 bits per heavy atom. The highest BCUT2D eigenvalue weighted by atomic mass is 16.1. The molecule has 2 aliphatic rings. The normalized spacial score (nSPS) is 24.5. The SMILES string of the molecule is O=C1C=C2CCN(Cc3ccccc3)CCC2CC1. The van der Waals surface area contributed by atoms with Crippen LogP contribution in [-0.4, -0.2) is 23.8 Å². The van der Waals surface area contributed by atoms with Crippen LogP contribution in [-0.2, 0) is 11.3 Å². The van der Waals surface area contributed by atoms with Crippen LogP contribution in [0.25, 0.3) is 0 Å². The van der Waals surface area contributed by atoms with Gasteiger partial charge in [0, 0.05) is 19.5 Å². The quantitative estimate of drug-likeness (QED) is 0.809. The maximum Gasteiger partial charge on any atom is 0.155 e. The van der Waals surface area contributed by atoms with Crippen LogP contribution in [0.2, 0.25) is 0 Å². The molecule has 1 saturated heterocycles. The van der Waals surface area contributed by atoms with E-state index in [1.165, 1.54) is 17.6 Å². The number of allylic oxidation sites excluding steroid dienone is 1. The molecule has 1 aliphatic carbocycles. The van der Waals surface area contributed by atoms with Crippen LogP contribution >= 0.6 is 0 Å². The molecule has 19 heavy (non-hydrogen) atoms. The molecule has 0 aromatic heterocycles. The standard InChI is InChI=1S/C17H21NO/c19-17-7-6-15-8-10-18(11-9-16(15)12-17)13-14-4-2-1-3-5-14/h1-5,12,15H,6-11,13H2. The summed E-state index contributed by atoms with van der Waals surface area (Å²) in [6.07, 6.45) is 6.05. The topological polar surface area (TPSA) is 20.3 Å². The molecule has 0 spiro atoms. The monoisotopic (exact) mass is 255 g/mol. The van der Waals surface area contributed by atoms with E-state index in [-0.39, 0.29) is 0 Å². The molecule has 1 aliphatic heterocycles. The van der Waals surface area contributed by atoms with Gasteiger partial charge in [0.15, 0.2) is 5.78 Å².